The van der Waals surface area contributed by atoms with Gasteiger partial charge in [-0.2, -0.15) is 10.5 Å². The predicted molar refractivity (Wildman–Crippen MR) is 157 cm³/mol. The van der Waals surface area contributed by atoms with Crippen LogP contribution in [-0.4, -0.2) is 13.7 Å². The van der Waals surface area contributed by atoms with Gasteiger partial charge < -0.3 is 9.47 Å². The van der Waals surface area contributed by atoms with E-state index in [0.717, 1.165) is 22.1 Å². The molecule has 0 saturated carbocycles. The van der Waals surface area contributed by atoms with E-state index in [4.69, 9.17) is 9.47 Å². The van der Waals surface area contributed by atoms with Crippen LogP contribution in [0.5, 0.6) is 11.5 Å². The van der Waals surface area contributed by atoms with Gasteiger partial charge in [-0.3, -0.25) is 0 Å². The summed E-state index contributed by atoms with van der Waals surface area (Å²) >= 11 is 3.14. The molecule has 1 atom stereocenters. The van der Waals surface area contributed by atoms with Crippen molar-refractivity contribution < 1.29 is 9.47 Å². The van der Waals surface area contributed by atoms with Gasteiger partial charge in [0.15, 0.2) is 0 Å². The summed E-state index contributed by atoms with van der Waals surface area (Å²) in [7, 11) is 1.58. The number of methoxy groups -OCH3 is 1. The van der Waals surface area contributed by atoms with Crippen molar-refractivity contribution in [3.63, 3.8) is 0 Å². The SMILES string of the molecule is COc1cc(/C(C#N)=C/c2cccs2)c(OCCC(C)CCCC(C)C)cc1/C(C#N)=C/c1cccs1. The summed E-state index contributed by atoms with van der Waals surface area (Å²) < 4.78 is 12.0. The molecule has 1 aromatic carbocycles. The first-order chi connectivity index (χ1) is 17.9. The molecule has 0 bridgehead atoms. The number of rotatable bonds is 13. The highest BCUT2D eigenvalue weighted by molar-refractivity contribution is 7.11. The van der Waals surface area contributed by atoms with E-state index >= 15 is 0 Å². The Morgan fingerprint density at radius 3 is 1.92 bits per heavy atom. The van der Waals surface area contributed by atoms with Gasteiger partial charge in [-0.15, -0.1) is 22.7 Å². The zero-order chi connectivity index (χ0) is 26.6. The molecule has 0 saturated heterocycles. The molecule has 2 aromatic heterocycles. The average molecular weight is 531 g/mol. The number of nitriles is 2. The highest BCUT2D eigenvalue weighted by Crippen LogP contribution is 2.38. The van der Waals surface area contributed by atoms with E-state index in [-0.39, 0.29) is 0 Å². The molecule has 0 aliphatic heterocycles. The lowest BCUT2D eigenvalue weighted by Crippen LogP contribution is -2.07. The van der Waals surface area contributed by atoms with Crippen molar-refractivity contribution in [1.29, 1.82) is 10.5 Å². The molecule has 0 radical (unpaired) electrons. The van der Waals surface area contributed by atoms with E-state index < -0.39 is 0 Å². The van der Waals surface area contributed by atoms with Gasteiger partial charge in [-0.05, 0) is 65.4 Å². The quantitative estimate of drug-likeness (QED) is 0.207. The van der Waals surface area contributed by atoms with E-state index in [1.807, 2.05) is 59.3 Å². The number of benzene rings is 1. The fourth-order valence-electron chi connectivity index (χ4n) is 4.03. The Morgan fingerprint density at radius 2 is 1.43 bits per heavy atom. The lowest BCUT2D eigenvalue weighted by Gasteiger charge is -2.18. The number of hydrogen-bond acceptors (Lipinski definition) is 6. The van der Waals surface area contributed by atoms with Crippen LogP contribution >= 0.6 is 22.7 Å². The van der Waals surface area contributed by atoms with Gasteiger partial charge in [0, 0.05) is 20.9 Å². The van der Waals surface area contributed by atoms with Crippen molar-refractivity contribution in [2.24, 2.45) is 11.8 Å². The van der Waals surface area contributed by atoms with Crippen LogP contribution in [0, 0.1) is 34.5 Å². The van der Waals surface area contributed by atoms with Crippen molar-refractivity contribution in [3.05, 3.63) is 68.0 Å². The van der Waals surface area contributed by atoms with Gasteiger partial charge in [0.2, 0.25) is 0 Å². The smallest absolute Gasteiger partial charge is 0.128 e. The summed E-state index contributed by atoms with van der Waals surface area (Å²) in [6.45, 7) is 7.32. The van der Waals surface area contributed by atoms with Crippen LogP contribution in [0.4, 0.5) is 0 Å². The molecule has 0 spiro atoms. The highest BCUT2D eigenvalue weighted by atomic mass is 32.1. The number of nitrogens with zero attached hydrogens (tertiary/aromatic N) is 2. The number of allylic oxidation sites excluding steroid dienone is 2. The maximum absolute atomic E-state index is 10.0. The molecule has 2 heterocycles. The topological polar surface area (TPSA) is 66.0 Å². The van der Waals surface area contributed by atoms with Gasteiger partial charge >= 0.3 is 0 Å². The Balaban J connectivity index is 1.96. The van der Waals surface area contributed by atoms with Crippen molar-refractivity contribution in [3.8, 4) is 23.6 Å². The van der Waals surface area contributed by atoms with Crippen LogP contribution in [0.1, 0.15) is 67.3 Å². The van der Waals surface area contributed by atoms with Gasteiger partial charge in [-0.25, -0.2) is 0 Å². The van der Waals surface area contributed by atoms with Crippen LogP contribution < -0.4 is 9.47 Å². The predicted octanol–water partition coefficient (Wildman–Crippen LogP) is 9.18. The second kappa shape index (κ2) is 14.4. The van der Waals surface area contributed by atoms with Crippen LogP contribution in [0.25, 0.3) is 23.3 Å². The maximum atomic E-state index is 10.0. The van der Waals surface area contributed by atoms with E-state index in [9.17, 15) is 10.5 Å². The summed E-state index contributed by atoms with van der Waals surface area (Å²) in [5, 5.41) is 24.0. The minimum absolute atomic E-state index is 0.485. The first-order valence-electron chi connectivity index (χ1n) is 12.6. The summed E-state index contributed by atoms with van der Waals surface area (Å²) in [4.78, 5) is 1.97. The summed E-state index contributed by atoms with van der Waals surface area (Å²) in [6, 6.07) is 16.2. The molecule has 0 amide bonds. The lowest BCUT2D eigenvalue weighted by molar-refractivity contribution is 0.274. The van der Waals surface area contributed by atoms with E-state index in [1.165, 1.54) is 19.3 Å². The Hall–Kier alpha value is -3.32. The molecule has 37 heavy (non-hydrogen) atoms. The number of hydrogen-bond donors (Lipinski definition) is 0. The normalized spacial score (nSPS) is 12.7. The zero-order valence-electron chi connectivity index (χ0n) is 22.0. The second-order valence-corrected chi connectivity index (χ2v) is 11.4. The second-order valence-electron chi connectivity index (χ2n) is 9.49. The Labute approximate surface area is 229 Å². The zero-order valence-corrected chi connectivity index (χ0v) is 23.6. The lowest BCUT2D eigenvalue weighted by atomic mass is 9.97. The Morgan fingerprint density at radius 1 is 0.865 bits per heavy atom. The van der Waals surface area contributed by atoms with Crippen molar-refractivity contribution >= 4 is 46.0 Å². The third-order valence-electron chi connectivity index (χ3n) is 6.13. The molecule has 4 nitrogen and oxygen atoms in total. The molecule has 3 rings (SSSR count). The molecular formula is C31H34N2O2S2. The minimum atomic E-state index is 0.485. The summed E-state index contributed by atoms with van der Waals surface area (Å²) in [5.74, 6) is 2.38. The van der Waals surface area contributed by atoms with Crippen LogP contribution in [0.15, 0.2) is 47.2 Å². The molecule has 0 aliphatic carbocycles. The van der Waals surface area contributed by atoms with E-state index in [1.54, 1.807) is 29.8 Å². The van der Waals surface area contributed by atoms with E-state index in [2.05, 4.69) is 32.9 Å². The monoisotopic (exact) mass is 530 g/mol. The van der Waals surface area contributed by atoms with Crippen molar-refractivity contribution in [2.45, 2.75) is 46.5 Å². The van der Waals surface area contributed by atoms with Gasteiger partial charge in [0.1, 0.15) is 11.5 Å². The van der Waals surface area contributed by atoms with Crippen molar-refractivity contribution in [2.75, 3.05) is 13.7 Å². The Bertz CT molecular complexity index is 1270. The summed E-state index contributed by atoms with van der Waals surface area (Å²) in [6.07, 6.45) is 8.28. The number of ether oxygens (including phenoxy) is 2. The third-order valence-corrected chi connectivity index (χ3v) is 7.77. The summed E-state index contributed by atoms with van der Waals surface area (Å²) in [5.41, 5.74) is 2.29. The average Bonchev–Trinajstić information content (AvgIpc) is 3.60. The maximum Gasteiger partial charge on any atom is 0.128 e. The fraction of sp³-hybridized carbons (Fsp3) is 0.355. The molecule has 0 fully saturated rings. The largest absolute Gasteiger partial charge is 0.496 e. The molecule has 192 valence electrons. The first kappa shape index (κ1) is 28.3. The van der Waals surface area contributed by atoms with Gasteiger partial charge in [0.25, 0.3) is 0 Å². The third kappa shape index (κ3) is 8.35. The molecule has 0 N–H and O–H groups in total. The molecule has 1 unspecified atom stereocenters. The standard InChI is InChI=1S/C31H34N2O2S2/c1-22(2)8-5-9-23(3)12-13-35-31-19-28(24(20-32)16-26-10-6-14-36-26)30(34-4)18-29(31)25(21-33)17-27-11-7-15-37-27/h6-7,10-11,14-19,22-23H,5,8-9,12-13H2,1-4H3/b24-16+,25-17+. The first-order valence-corrected chi connectivity index (χ1v) is 14.4. The number of thiophene rings is 2. The van der Waals surface area contributed by atoms with Crippen LogP contribution in [0.3, 0.4) is 0 Å². The molecule has 6 heteroatoms. The van der Waals surface area contributed by atoms with Crippen molar-refractivity contribution in [1.82, 2.24) is 0 Å². The molecular weight excluding hydrogens is 496 g/mol. The Kier molecular flexibility index (Phi) is 11.0. The molecule has 0 aliphatic rings. The van der Waals surface area contributed by atoms with E-state index in [0.29, 0.717) is 46.3 Å². The minimum Gasteiger partial charge on any atom is -0.496 e. The van der Waals surface area contributed by atoms with Gasteiger partial charge in [-0.1, -0.05) is 52.2 Å². The van der Waals surface area contributed by atoms with Crippen LogP contribution in [0.2, 0.25) is 0 Å². The molecule has 3 aromatic rings. The van der Waals surface area contributed by atoms with Gasteiger partial charge in [0.05, 0.1) is 37.0 Å². The fourth-order valence-corrected chi connectivity index (χ4v) is 5.34. The highest BCUT2D eigenvalue weighted by Gasteiger charge is 2.19. The van der Waals surface area contributed by atoms with Crippen LogP contribution in [-0.2, 0) is 0 Å².